The molecular weight excluding hydrogens is 256 g/mol. The highest BCUT2D eigenvalue weighted by atomic mass is 32.1. The minimum absolute atomic E-state index is 0.580. The molecule has 3 N–H and O–H groups in total. The fourth-order valence-electron chi connectivity index (χ4n) is 2.03. The Morgan fingerprint density at radius 2 is 2.00 bits per heavy atom. The summed E-state index contributed by atoms with van der Waals surface area (Å²) in [7, 11) is 0. The number of aromatic nitrogens is 2. The second-order valence-electron chi connectivity index (χ2n) is 4.13. The number of nitrogens with one attached hydrogen (secondary N) is 1. The van der Waals surface area contributed by atoms with E-state index >= 15 is 0 Å². The third-order valence-corrected chi connectivity index (χ3v) is 3.78. The largest absolute Gasteiger partial charge is 0.368 e. The number of hydrogen-bond acceptors (Lipinski definition) is 5. The van der Waals surface area contributed by atoms with Crippen molar-refractivity contribution < 1.29 is 0 Å². The summed E-state index contributed by atoms with van der Waals surface area (Å²) in [5, 5.41) is 6.47. The smallest absolute Gasteiger partial charge is 0.138 e. The Kier molecular flexibility index (Phi) is 3.39. The standard InChI is InChI=1S/C14H14N4S/c15-6-7-16-13-12-11(10-4-2-1-3-5-10)8-19-14(12)18-9-17-13/h1-5,8-9H,6-7,15H2,(H,16,17,18). The van der Waals surface area contributed by atoms with Gasteiger partial charge < -0.3 is 11.1 Å². The first-order chi connectivity index (χ1) is 9.40. The van der Waals surface area contributed by atoms with Crippen molar-refractivity contribution in [2.24, 2.45) is 5.73 Å². The van der Waals surface area contributed by atoms with E-state index in [0.29, 0.717) is 13.1 Å². The average Bonchev–Trinajstić information content (AvgIpc) is 2.90. The van der Waals surface area contributed by atoms with Gasteiger partial charge in [0.2, 0.25) is 0 Å². The second-order valence-corrected chi connectivity index (χ2v) is 4.99. The van der Waals surface area contributed by atoms with Crippen LogP contribution in [0.1, 0.15) is 0 Å². The summed E-state index contributed by atoms with van der Waals surface area (Å²) in [6.07, 6.45) is 1.59. The van der Waals surface area contributed by atoms with Crippen LogP contribution in [0.5, 0.6) is 0 Å². The van der Waals surface area contributed by atoms with Gasteiger partial charge in [-0.3, -0.25) is 0 Å². The maximum absolute atomic E-state index is 5.54. The summed E-state index contributed by atoms with van der Waals surface area (Å²) in [5.74, 6) is 0.857. The maximum atomic E-state index is 5.54. The van der Waals surface area contributed by atoms with Crippen LogP contribution in [0.2, 0.25) is 0 Å². The molecule has 0 saturated heterocycles. The van der Waals surface area contributed by atoms with Crippen molar-refractivity contribution in [3.05, 3.63) is 42.0 Å². The van der Waals surface area contributed by atoms with E-state index in [9.17, 15) is 0 Å². The molecule has 0 atom stereocenters. The molecular formula is C14H14N4S. The van der Waals surface area contributed by atoms with Crippen LogP contribution in [0.15, 0.2) is 42.0 Å². The van der Waals surface area contributed by atoms with E-state index in [0.717, 1.165) is 16.0 Å². The number of anilines is 1. The molecule has 0 unspecified atom stereocenters. The van der Waals surface area contributed by atoms with Crippen LogP contribution in [0.4, 0.5) is 5.82 Å². The number of rotatable bonds is 4. The fourth-order valence-corrected chi connectivity index (χ4v) is 2.95. The van der Waals surface area contributed by atoms with E-state index in [1.807, 2.05) is 18.2 Å². The van der Waals surface area contributed by atoms with Gasteiger partial charge in [-0.05, 0) is 5.56 Å². The van der Waals surface area contributed by atoms with E-state index < -0.39 is 0 Å². The molecule has 19 heavy (non-hydrogen) atoms. The van der Waals surface area contributed by atoms with Crippen molar-refractivity contribution in [3.63, 3.8) is 0 Å². The molecule has 0 aliphatic heterocycles. The molecule has 0 fully saturated rings. The molecule has 96 valence electrons. The van der Waals surface area contributed by atoms with Crippen molar-refractivity contribution in [1.29, 1.82) is 0 Å². The Hall–Kier alpha value is -1.98. The van der Waals surface area contributed by atoms with E-state index in [2.05, 4.69) is 32.8 Å². The maximum Gasteiger partial charge on any atom is 0.138 e. The minimum atomic E-state index is 0.580. The predicted molar refractivity (Wildman–Crippen MR) is 80.4 cm³/mol. The molecule has 4 nitrogen and oxygen atoms in total. The molecule has 2 heterocycles. The van der Waals surface area contributed by atoms with Crippen LogP contribution >= 0.6 is 11.3 Å². The molecule has 0 saturated carbocycles. The molecule has 1 aromatic carbocycles. The zero-order valence-electron chi connectivity index (χ0n) is 10.3. The second kappa shape index (κ2) is 5.34. The van der Waals surface area contributed by atoms with Gasteiger partial charge in [0.05, 0.1) is 5.39 Å². The fraction of sp³-hybridized carbons (Fsp3) is 0.143. The normalized spacial score (nSPS) is 10.8. The van der Waals surface area contributed by atoms with Gasteiger partial charge in [-0.1, -0.05) is 30.3 Å². The summed E-state index contributed by atoms with van der Waals surface area (Å²) in [5.41, 5.74) is 7.89. The third-order valence-electron chi connectivity index (χ3n) is 2.89. The molecule has 2 aromatic heterocycles. The lowest BCUT2D eigenvalue weighted by molar-refractivity contribution is 1.01. The van der Waals surface area contributed by atoms with Crippen LogP contribution in [0.25, 0.3) is 21.3 Å². The topological polar surface area (TPSA) is 63.8 Å². The zero-order valence-corrected chi connectivity index (χ0v) is 11.2. The highest BCUT2D eigenvalue weighted by Gasteiger charge is 2.12. The van der Waals surface area contributed by atoms with Gasteiger partial charge in [0.15, 0.2) is 0 Å². The number of hydrogen-bond donors (Lipinski definition) is 2. The van der Waals surface area contributed by atoms with Crippen LogP contribution in [0.3, 0.4) is 0 Å². The lowest BCUT2D eigenvalue weighted by atomic mass is 10.1. The Morgan fingerprint density at radius 1 is 1.16 bits per heavy atom. The Bertz CT molecular complexity index is 678. The Labute approximate surface area is 115 Å². The van der Waals surface area contributed by atoms with Gasteiger partial charge in [-0.15, -0.1) is 11.3 Å². The van der Waals surface area contributed by atoms with Crippen LogP contribution in [0, 0.1) is 0 Å². The summed E-state index contributed by atoms with van der Waals surface area (Å²) >= 11 is 1.63. The Balaban J connectivity index is 2.15. The third kappa shape index (κ3) is 2.30. The first kappa shape index (κ1) is 12.1. The summed E-state index contributed by atoms with van der Waals surface area (Å²) < 4.78 is 0. The van der Waals surface area contributed by atoms with Crippen LogP contribution < -0.4 is 11.1 Å². The zero-order chi connectivity index (χ0) is 13.1. The number of benzene rings is 1. The van der Waals surface area contributed by atoms with Gasteiger partial charge in [0, 0.05) is 24.0 Å². The van der Waals surface area contributed by atoms with Crippen molar-refractivity contribution >= 4 is 27.4 Å². The van der Waals surface area contributed by atoms with Gasteiger partial charge in [0.25, 0.3) is 0 Å². The highest BCUT2D eigenvalue weighted by Crippen LogP contribution is 2.36. The van der Waals surface area contributed by atoms with Crippen molar-refractivity contribution in [1.82, 2.24) is 9.97 Å². The quantitative estimate of drug-likeness (QED) is 0.765. The van der Waals surface area contributed by atoms with Gasteiger partial charge >= 0.3 is 0 Å². The molecule has 0 spiro atoms. The summed E-state index contributed by atoms with van der Waals surface area (Å²) in [6, 6.07) is 10.3. The molecule has 3 aromatic rings. The van der Waals surface area contributed by atoms with Crippen molar-refractivity contribution in [2.45, 2.75) is 0 Å². The van der Waals surface area contributed by atoms with E-state index in [-0.39, 0.29) is 0 Å². The molecule has 3 rings (SSSR count). The molecule has 5 heteroatoms. The first-order valence-corrected chi connectivity index (χ1v) is 6.99. The molecule has 0 aliphatic rings. The van der Waals surface area contributed by atoms with Crippen LogP contribution in [-0.2, 0) is 0 Å². The first-order valence-electron chi connectivity index (χ1n) is 6.11. The number of thiophene rings is 1. The summed E-state index contributed by atoms with van der Waals surface area (Å²) in [4.78, 5) is 9.66. The van der Waals surface area contributed by atoms with Gasteiger partial charge in [-0.25, -0.2) is 9.97 Å². The molecule has 0 radical (unpaired) electrons. The summed E-state index contributed by atoms with van der Waals surface area (Å²) in [6.45, 7) is 1.28. The van der Waals surface area contributed by atoms with E-state index in [4.69, 9.17) is 5.73 Å². The highest BCUT2D eigenvalue weighted by molar-refractivity contribution is 7.17. The van der Waals surface area contributed by atoms with Crippen LogP contribution in [-0.4, -0.2) is 23.1 Å². The van der Waals surface area contributed by atoms with Gasteiger partial charge in [0.1, 0.15) is 17.0 Å². The minimum Gasteiger partial charge on any atom is -0.368 e. The monoisotopic (exact) mass is 270 g/mol. The number of nitrogens with two attached hydrogens (primary N) is 1. The molecule has 0 bridgehead atoms. The number of nitrogens with zero attached hydrogens (tertiary/aromatic N) is 2. The molecule has 0 amide bonds. The predicted octanol–water partition coefficient (Wildman–Crippen LogP) is 2.73. The Morgan fingerprint density at radius 3 is 2.79 bits per heavy atom. The lowest BCUT2D eigenvalue weighted by Gasteiger charge is -2.07. The van der Waals surface area contributed by atoms with E-state index in [1.54, 1.807) is 17.7 Å². The van der Waals surface area contributed by atoms with E-state index in [1.165, 1.54) is 11.1 Å². The number of fused-ring (bicyclic) bond motifs is 1. The lowest BCUT2D eigenvalue weighted by Crippen LogP contribution is -2.14. The SMILES string of the molecule is NCCNc1ncnc2scc(-c3ccccc3)c12. The average molecular weight is 270 g/mol. The van der Waals surface area contributed by atoms with Gasteiger partial charge in [-0.2, -0.15) is 0 Å². The van der Waals surface area contributed by atoms with Crippen molar-refractivity contribution in [3.8, 4) is 11.1 Å². The molecule has 0 aliphatic carbocycles. The van der Waals surface area contributed by atoms with Crippen molar-refractivity contribution in [2.75, 3.05) is 18.4 Å².